The normalized spacial score (nSPS) is 33.1. The van der Waals surface area contributed by atoms with Crippen LogP contribution in [0, 0.1) is 11.8 Å². The van der Waals surface area contributed by atoms with Gasteiger partial charge in [0, 0.05) is 16.6 Å². The fourth-order valence-electron chi connectivity index (χ4n) is 4.44. The van der Waals surface area contributed by atoms with Gasteiger partial charge in [0.05, 0.1) is 0 Å². The van der Waals surface area contributed by atoms with Crippen molar-refractivity contribution in [1.82, 2.24) is 5.32 Å². The molecule has 1 aromatic carbocycles. The molecule has 3 atom stereocenters. The molecule has 3 unspecified atom stereocenters. The first kappa shape index (κ1) is 14.6. The van der Waals surface area contributed by atoms with Gasteiger partial charge in [-0.2, -0.15) is 0 Å². The van der Waals surface area contributed by atoms with E-state index in [1.165, 1.54) is 55.0 Å². The van der Waals surface area contributed by atoms with Crippen LogP contribution in [0.15, 0.2) is 28.7 Å². The maximum Gasteiger partial charge on any atom is 0.0211 e. The van der Waals surface area contributed by atoms with Gasteiger partial charge in [-0.05, 0) is 55.2 Å². The molecule has 0 aromatic heterocycles. The number of hydrogen-bond donors (Lipinski definition) is 1. The number of hydrogen-bond acceptors (Lipinski definition) is 1. The van der Waals surface area contributed by atoms with Gasteiger partial charge in [-0.15, -0.1) is 0 Å². The predicted molar refractivity (Wildman–Crippen MR) is 88.7 cm³/mol. The van der Waals surface area contributed by atoms with Gasteiger partial charge < -0.3 is 5.32 Å². The van der Waals surface area contributed by atoms with Crippen LogP contribution in [0.3, 0.4) is 0 Å². The van der Waals surface area contributed by atoms with Crippen LogP contribution in [0.5, 0.6) is 0 Å². The number of benzene rings is 1. The SMILES string of the molecule is CCC1CC2(NCc3cccc(Br)c3)CCCC1CC2. The zero-order chi connectivity index (χ0) is 14.0. The zero-order valence-electron chi connectivity index (χ0n) is 12.5. The van der Waals surface area contributed by atoms with Crippen LogP contribution < -0.4 is 5.32 Å². The lowest BCUT2D eigenvalue weighted by molar-refractivity contribution is 0.139. The molecular formula is C18H26BrN. The van der Waals surface area contributed by atoms with Crippen LogP contribution in [0.25, 0.3) is 0 Å². The summed E-state index contributed by atoms with van der Waals surface area (Å²) in [5.74, 6) is 1.98. The Morgan fingerprint density at radius 2 is 2.20 bits per heavy atom. The summed E-state index contributed by atoms with van der Waals surface area (Å²) in [6, 6.07) is 8.71. The fourth-order valence-corrected chi connectivity index (χ4v) is 4.89. The summed E-state index contributed by atoms with van der Waals surface area (Å²) in [4.78, 5) is 0. The second-order valence-corrected chi connectivity index (χ2v) is 7.74. The average molecular weight is 336 g/mol. The van der Waals surface area contributed by atoms with Gasteiger partial charge in [-0.1, -0.05) is 54.2 Å². The Morgan fingerprint density at radius 1 is 1.30 bits per heavy atom. The Bertz CT molecular complexity index is 454. The third-order valence-corrected chi connectivity index (χ3v) is 6.12. The minimum Gasteiger partial charge on any atom is -0.307 e. The van der Waals surface area contributed by atoms with Gasteiger partial charge >= 0.3 is 0 Å². The molecular weight excluding hydrogens is 310 g/mol. The lowest BCUT2D eigenvalue weighted by atomic mass is 9.70. The van der Waals surface area contributed by atoms with Gasteiger partial charge in [0.25, 0.3) is 0 Å². The Morgan fingerprint density at radius 3 is 3.00 bits per heavy atom. The standard InChI is InChI=1S/C18H26BrN/c1-2-15-12-18(9-4-6-16(15)8-10-18)20-13-14-5-3-7-17(19)11-14/h3,5,7,11,15-16,20H,2,4,6,8-10,12-13H2,1H3. The van der Waals surface area contributed by atoms with E-state index in [2.05, 4.69) is 52.4 Å². The van der Waals surface area contributed by atoms with Gasteiger partial charge in [-0.25, -0.2) is 0 Å². The van der Waals surface area contributed by atoms with E-state index in [1.54, 1.807) is 0 Å². The molecule has 0 amide bonds. The first-order valence-corrected chi connectivity index (χ1v) is 8.99. The predicted octanol–water partition coefficient (Wildman–Crippen LogP) is 5.29. The fraction of sp³-hybridized carbons (Fsp3) is 0.667. The summed E-state index contributed by atoms with van der Waals surface area (Å²) in [6.45, 7) is 3.40. The zero-order valence-corrected chi connectivity index (χ0v) is 14.1. The van der Waals surface area contributed by atoms with Crippen LogP contribution in [-0.2, 0) is 6.54 Å². The van der Waals surface area contributed by atoms with E-state index in [9.17, 15) is 0 Å². The topological polar surface area (TPSA) is 12.0 Å². The molecule has 0 radical (unpaired) electrons. The van der Waals surface area contributed by atoms with Crippen LogP contribution in [0.2, 0.25) is 0 Å². The van der Waals surface area contributed by atoms with Crippen LogP contribution in [0.1, 0.15) is 57.4 Å². The smallest absolute Gasteiger partial charge is 0.0211 e. The Hall–Kier alpha value is -0.340. The summed E-state index contributed by atoms with van der Waals surface area (Å²) in [6.07, 6.45) is 9.89. The van der Waals surface area contributed by atoms with E-state index >= 15 is 0 Å². The van der Waals surface area contributed by atoms with E-state index in [1.807, 2.05) is 0 Å². The van der Waals surface area contributed by atoms with Crippen molar-refractivity contribution < 1.29 is 0 Å². The first-order chi connectivity index (χ1) is 9.71. The van der Waals surface area contributed by atoms with E-state index < -0.39 is 0 Å². The van der Waals surface area contributed by atoms with E-state index in [0.717, 1.165) is 18.4 Å². The molecule has 2 bridgehead atoms. The third-order valence-electron chi connectivity index (χ3n) is 5.62. The molecule has 0 spiro atoms. The quantitative estimate of drug-likeness (QED) is 0.788. The molecule has 3 aliphatic rings. The molecule has 3 fully saturated rings. The summed E-state index contributed by atoms with van der Waals surface area (Å²) in [5, 5.41) is 3.95. The van der Waals surface area contributed by atoms with Gasteiger partial charge in [-0.3, -0.25) is 0 Å². The van der Waals surface area contributed by atoms with Crippen molar-refractivity contribution in [3.63, 3.8) is 0 Å². The highest BCUT2D eigenvalue weighted by Gasteiger charge is 2.41. The van der Waals surface area contributed by atoms with Crippen molar-refractivity contribution in [3.05, 3.63) is 34.3 Å². The van der Waals surface area contributed by atoms with Gasteiger partial charge in [0.15, 0.2) is 0 Å². The largest absolute Gasteiger partial charge is 0.307 e. The van der Waals surface area contributed by atoms with Gasteiger partial charge in [0.1, 0.15) is 0 Å². The molecule has 1 aromatic rings. The van der Waals surface area contributed by atoms with Crippen LogP contribution >= 0.6 is 15.9 Å². The first-order valence-electron chi connectivity index (χ1n) is 8.20. The maximum absolute atomic E-state index is 3.95. The number of nitrogens with one attached hydrogen (secondary N) is 1. The van der Waals surface area contributed by atoms with Crippen molar-refractivity contribution in [3.8, 4) is 0 Å². The minimum atomic E-state index is 0.427. The third kappa shape index (κ3) is 3.12. The Kier molecular flexibility index (Phi) is 4.52. The van der Waals surface area contributed by atoms with E-state index in [4.69, 9.17) is 0 Å². The molecule has 3 aliphatic carbocycles. The second-order valence-electron chi connectivity index (χ2n) is 6.83. The average Bonchev–Trinajstić information content (AvgIpc) is 2.77. The number of rotatable bonds is 4. The molecule has 2 heteroatoms. The van der Waals surface area contributed by atoms with Crippen molar-refractivity contribution >= 4 is 15.9 Å². The highest BCUT2D eigenvalue weighted by molar-refractivity contribution is 9.10. The minimum absolute atomic E-state index is 0.427. The molecule has 0 aliphatic heterocycles. The Labute approximate surface area is 131 Å². The molecule has 0 heterocycles. The second kappa shape index (κ2) is 6.19. The molecule has 1 nitrogen and oxygen atoms in total. The summed E-state index contributed by atoms with van der Waals surface area (Å²) in [5.41, 5.74) is 1.82. The monoisotopic (exact) mass is 335 g/mol. The maximum atomic E-state index is 3.95. The highest BCUT2D eigenvalue weighted by atomic mass is 79.9. The van der Waals surface area contributed by atoms with Crippen molar-refractivity contribution in [2.24, 2.45) is 11.8 Å². The summed E-state index contributed by atoms with van der Waals surface area (Å²) < 4.78 is 1.19. The van der Waals surface area contributed by atoms with Crippen molar-refractivity contribution in [2.45, 2.75) is 64.0 Å². The van der Waals surface area contributed by atoms with Crippen LogP contribution in [-0.4, -0.2) is 5.54 Å². The van der Waals surface area contributed by atoms with E-state index in [0.29, 0.717) is 5.54 Å². The van der Waals surface area contributed by atoms with Gasteiger partial charge in [0.2, 0.25) is 0 Å². The lowest BCUT2D eigenvalue weighted by Crippen LogP contribution is -2.48. The number of halogens is 1. The molecule has 0 saturated heterocycles. The lowest BCUT2D eigenvalue weighted by Gasteiger charge is -2.42. The molecule has 110 valence electrons. The molecule has 20 heavy (non-hydrogen) atoms. The van der Waals surface area contributed by atoms with Crippen LogP contribution in [0.4, 0.5) is 0 Å². The van der Waals surface area contributed by atoms with Crippen molar-refractivity contribution in [2.75, 3.05) is 0 Å². The van der Waals surface area contributed by atoms with E-state index in [-0.39, 0.29) is 0 Å². The molecule has 3 saturated carbocycles. The van der Waals surface area contributed by atoms with Crippen molar-refractivity contribution in [1.29, 1.82) is 0 Å². The molecule has 1 N–H and O–H groups in total. The summed E-state index contributed by atoms with van der Waals surface area (Å²) >= 11 is 3.57. The Balaban J connectivity index is 1.68. The number of fused-ring (bicyclic) bond motifs is 4. The highest BCUT2D eigenvalue weighted by Crippen LogP contribution is 2.46. The summed E-state index contributed by atoms with van der Waals surface area (Å²) in [7, 11) is 0. The molecule has 4 rings (SSSR count).